The van der Waals surface area contributed by atoms with Gasteiger partial charge in [-0.2, -0.15) is 0 Å². The van der Waals surface area contributed by atoms with Crippen LogP contribution in [-0.2, 0) is 4.79 Å². The number of nitrogens with one attached hydrogen (secondary N) is 1. The van der Waals surface area contributed by atoms with Gasteiger partial charge in [0.1, 0.15) is 5.75 Å². The smallest absolute Gasteiger partial charge is 0.308 e. The van der Waals surface area contributed by atoms with Crippen LogP contribution in [0.2, 0.25) is 0 Å². The van der Waals surface area contributed by atoms with Gasteiger partial charge in [0.2, 0.25) is 0 Å². The van der Waals surface area contributed by atoms with Gasteiger partial charge in [0.15, 0.2) is 0 Å². The number of aliphatic hydroxyl groups excluding tert-OH is 1. The first-order valence-corrected chi connectivity index (χ1v) is 7.04. The molecule has 2 rings (SSSR count). The topological polar surface area (TPSA) is 61.8 Å². The van der Waals surface area contributed by atoms with Gasteiger partial charge in [0.25, 0.3) is 0 Å². The fourth-order valence-corrected chi connectivity index (χ4v) is 2.63. The van der Waals surface area contributed by atoms with Crippen LogP contribution in [0.4, 0.5) is 0 Å². The van der Waals surface area contributed by atoms with E-state index < -0.39 is 0 Å². The Morgan fingerprint density at radius 3 is 2.85 bits per heavy atom. The van der Waals surface area contributed by atoms with Crippen LogP contribution in [0, 0.1) is 0 Å². The Labute approximate surface area is 119 Å². The average Bonchev–Trinajstić information content (AvgIpc) is 2.45. The maximum atomic E-state index is 11.0. The number of carbonyl (C=O) groups excluding carboxylic acids is 1. The van der Waals surface area contributed by atoms with Gasteiger partial charge >= 0.3 is 5.97 Å². The monoisotopic (exact) mass is 278 g/mol. The van der Waals surface area contributed by atoms with Gasteiger partial charge in [-0.3, -0.25) is 9.69 Å². The zero-order valence-corrected chi connectivity index (χ0v) is 11.8. The summed E-state index contributed by atoms with van der Waals surface area (Å²) in [5, 5.41) is 12.6. The molecule has 1 aromatic rings. The van der Waals surface area contributed by atoms with Gasteiger partial charge in [0.05, 0.1) is 0 Å². The quantitative estimate of drug-likeness (QED) is 0.620. The summed E-state index contributed by atoms with van der Waals surface area (Å²) in [7, 11) is 0. The van der Waals surface area contributed by atoms with Crippen molar-refractivity contribution in [2.24, 2.45) is 0 Å². The number of aliphatic hydroxyl groups is 1. The molecule has 20 heavy (non-hydrogen) atoms. The van der Waals surface area contributed by atoms with E-state index in [2.05, 4.69) is 10.2 Å². The molecule has 1 atom stereocenters. The van der Waals surface area contributed by atoms with E-state index in [1.54, 1.807) is 6.07 Å². The number of piperazine rings is 1. The molecule has 0 bridgehead atoms. The highest BCUT2D eigenvalue weighted by Crippen LogP contribution is 2.27. The van der Waals surface area contributed by atoms with Crippen molar-refractivity contribution in [1.82, 2.24) is 10.2 Å². The van der Waals surface area contributed by atoms with Crippen LogP contribution in [0.5, 0.6) is 5.75 Å². The Bertz CT molecular complexity index is 444. The Kier molecular flexibility index (Phi) is 5.52. The van der Waals surface area contributed by atoms with E-state index in [4.69, 9.17) is 4.74 Å². The summed E-state index contributed by atoms with van der Waals surface area (Å²) in [4.78, 5) is 13.4. The fourth-order valence-electron chi connectivity index (χ4n) is 2.63. The molecule has 1 aliphatic rings. The Hall–Kier alpha value is -1.43. The van der Waals surface area contributed by atoms with E-state index in [9.17, 15) is 9.90 Å². The molecular weight excluding hydrogens is 256 g/mol. The molecule has 0 radical (unpaired) electrons. The fraction of sp³-hybridized carbons (Fsp3) is 0.533. The summed E-state index contributed by atoms with van der Waals surface area (Å²) >= 11 is 0. The molecule has 1 fully saturated rings. The molecule has 0 spiro atoms. The minimum atomic E-state index is -0.317. The van der Waals surface area contributed by atoms with Crippen molar-refractivity contribution >= 4 is 5.97 Å². The molecule has 0 saturated carbocycles. The van der Waals surface area contributed by atoms with E-state index in [1.165, 1.54) is 6.92 Å². The molecular formula is C15H22N2O3. The summed E-state index contributed by atoms with van der Waals surface area (Å²) in [5.41, 5.74) is 1.08. The molecule has 1 aliphatic heterocycles. The molecule has 1 heterocycles. The minimum Gasteiger partial charge on any atom is -0.427 e. The van der Waals surface area contributed by atoms with Crippen LogP contribution < -0.4 is 10.1 Å². The van der Waals surface area contributed by atoms with E-state index in [-0.39, 0.29) is 18.6 Å². The highest BCUT2D eigenvalue weighted by Gasteiger charge is 2.22. The van der Waals surface area contributed by atoms with Crippen LogP contribution in [0.25, 0.3) is 0 Å². The van der Waals surface area contributed by atoms with E-state index in [1.807, 2.05) is 18.2 Å². The molecule has 5 nitrogen and oxygen atoms in total. The molecule has 1 saturated heterocycles. The second-order valence-electron chi connectivity index (χ2n) is 4.98. The van der Waals surface area contributed by atoms with Crippen molar-refractivity contribution < 1.29 is 14.6 Å². The number of hydrogen-bond acceptors (Lipinski definition) is 5. The van der Waals surface area contributed by atoms with Crippen LogP contribution >= 0.6 is 0 Å². The predicted octanol–water partition coefficient (Wildman–Crippen LogP) is 0.941. The van der Waals surface area contributed by atoms with Gasteiger partial charge in [-0.15, -0.1) is 0 Å². The van der Waals surface area contributed by atoms with Crippen LogP contribution in [0.15, 0.2) is 24.3 Å². The zero-order chi connectivity index (χ0) is 14.4. The van der Waals surface area contributed by atoms with Crippen LogP contribution in [0.1, 0.15) is 24.9 Å². The maximum absolute atomic E-state index is 11.0. The third-order valence-electron chi connectivity index (χ3n) is 3.50. The number of ether oxygens (including phenoxy) is 1. The lowest BCUT2D eigenvalue weighted by atomic mass is 10.0. The third kappa shape index (κ3) is 4.03. The van der Waals surface area contributed by atoms with Crippen LogP contribution in [0.3, 0.4) is 0 Å². The summed E-state index contributed by atoms with van der Waals surface area (Å²) in [5.74, 6) is 0.246. The zero-order valence-electron chi connectivity index (χ0n) is 11.8. The molecule has 1 aromatic carbocycles. The Balaban J connectivity index is 2.17. The van der Waals surface area contributed by atoms with Gasteiger partial charge in [-0.25, -0.2) is 0 Å². The Morgan fingerprint density at radius 1 is 1.45 bits per heavy atom. The summed E-state index contributed by atoms with van der Waals surface area (Å²) in [6.07, 6.45) is 0.684. The third-order valence-corrected chi connectivity index (χ3v) is 3.50. The van der Waals surface area contributed by atoms with Gasteiger partial charge in [0, 0.05) is 45.8 Å². The van der Waals surface area contributed by atoms with Crippen LogP contribution in [-0.4, -0.2) is 48.8 Å². The average molecular weight is 278 g/mol. The van der Waals surface area contributed by atoms with E-state index >= 15 is 0 Å². The number of carbonyl (C=O) groups is 1. The number of esters is 1. The number of rotatable bonds is 5. The lowest BCUT2D eigenvalue weighted by molar-refractivity contribution is -0.131. The second kappa shape index (κ2) is 7.38. The van der Waals surface area contributed by atoms with Crippen molar-refractivity contribution in [1.29, 1.82) is 0 Å². The maximum Gasteiger partial charge on any atom is 0.308 e. The first kappa shape index (κ1) is 15.0. The predicted molar refractivity (Wildman–Crippen MR) is 76.6 cm³/mol. The molecule has 0 amide bonds. The summed E-state index contributed by atoms with van der Waals surface area (Å²) < 4.78 is 5.14. The number of benzene rings is 1. The summed E-state index contributed by atoms with van der Waals surface area (Å²) in [6, 6.07) is 7.75. The van der Waals surface area contributed by atoms with E-state index in [0.717, 1.165) is 31.7 Å². The normalized spacial score (nSPS) is 17.7. The highest BCUT2D eigenvalue weighted by molar-refractivity contribution is 5.69. The van der Waals surface area contributed by atoms with Gasteiger partial charge in [-0.1, -0.05) is 12.1 Å². The lowest BCUT2D eigenvalue weighted by Crippen LogP contribution is -2.45. The van der Waals surface area contributed by atoms with Crippen molar-refractivity contribution in [2.45, 2.75) is 19.4 Å². The van der Waals surface area contributed by atoms with Crippen molar-refractivity contribution in [3.63, 3.8) is 0 Å². The molecule has 0 unspecified atom stereocenters. The number of hydrogen-bond donors (Lipinski definition) is 2. The standard InChI is InChI=1S/C15H22N2O3/c1-12(19)20-14-4-2-3-13(11-14)15(5-10-18)17-8-6-16-7-9-17/h2-4,11,15-16,18H,5-10H2,1H3/t15-/m1/s1. The molecule has 0 aliphatic carbocycles. The minimum absolute atomic E-state index is 0.145. The molecule has 2 N–H and O–H groups in total. The highest BCUT2D eigenvalue weighted by atomic mass is 16.5. The van der Waals surface area contributed by atoms with Crippen molar-refractivity contribution in [3.05, 3.63) is 29.8 Å². The first-order chi connectivity index (χ1) is 9.70. The first-order valence-electron chi connectivity index (χ1n) is 7.04. The van der Waals surface area contributed by atoms with Crippen molar-refractivity contribution in [2.75, 3.05) is 32.8 Å². The SMILES string of the molecule is CC(=O)Oc1cccc([C@@H](CCO)N2CCNCC2)c1. The molecule has 0 aromatic heterocycles. The largest absolute Gasteiger partial charge is 0.427 e. The molecule has 5 heteroatoms. The Morgan fingerprint density at radius 2 is 2.20 bits per heavy atom. The van der Waals surface area contributed by atoms with Crippen molar-refractivity contribution in [3.8, 4) is 5.75 Å². The van der Waals surface area contributed by atoms with E-state index in [0.29, 0.717) is 12.2 Å². The summed E-state index contributed by atoms with van der Waals surface area (Å²) in [6.45, 7) is 5.39. The second-order valence-corrected chi connectivity index (χ2v) is 4.98. The van der Waals surface area contributed by atoms with Gasteiger partial charge < -0.3 is 15.2 Å². The number of nitrogens with zero attached hydrogens (tertiary/aromatic N) is 1. The molecule has 110 valence electrons. The van der Waals surface area contributed by atoms with Gasteiger partial charge in [-0.05, 0) is 24.1 Å². The lowest BCUT2D eigenvalue weighted by Gasteiger charge is -2.35.